The summed E-state index contributed by atoms with van der Waals surface area (Å²) in [6, 6.07) is 14.1. The zero-order valence-electron chi connectivity index (χ0n) is 16.8. The van der Waals surface area contributed by atoms with Crippen molar-refractivity contribution in [2.45, 2.75) is 44.2 Å². The Labute approximate surface area is 176 Å². The number of halogens is 1. The first-order valence-corrected chi connectivity index (χ1v) is 10.2. The molecule has 29 heavy (non-hydrogen) atoms. The van der Waals surface area contributed by atoms with Gasteiger partial charge in [-0.3, -0.25) is 4.90 Å². The molecule has 0 saturated heterocycles. The highest BCUT2D eigenvalue weighted by atomic mass is 35.5. The number of hydrogen-bond donors (Lipinski definition) is 0. The van der Waals surface area contributed by atoms with Crippen LogP contribution in [0.25, 0.3) is 0 Å². The lowest BCUT2D eigenvalue weighted by molar-refractivity contribution is 0.0586. The maximum Gasteiger partial charge on any atom is 0.410 e. The third kappa shape index (κ3) is 4.73. The monoisotopic (exact) mass is 415 g/mol. The van der Waals surface area contributed by atoms with Gasteiger partial charge < -0.3 is 9.47 Å². The Bertz CT molecular complexity index is 846. The Kier molecular flexibility index (Phi) is 7.15. The summed E-state index contributed by atoms with van der Waals surface area (Å²) in [7, 11) is 2.75. The molecule has 1 aliphatic carbocycles. The number of amides is 1. The summed E-state index contributed by atoms with van der Waals surface area (Å²) in [5.41, 5.74) is 2.00. The van der Waals surface area contributed by atoms with Gasteiger partial charge in [0.25, 0.3) is 0 Å². The van der Waals surface area contributed by atoms with E-state index in [0.29, 0.717) is 16.1 Å². The molecule has 1 unspecified atom stereocenters. The smallest absolute Gasteiger partial charge is 0.410 e. The molecule has 1 saturated carbocycles. The number of methoxy groups -OCH3 is 2. The van der Waals surface area contributed by atoms with Crippen LogP contribution >= 0.6 is 11.6 Å². The van der Waals surface area contributed by atoms with Crippen LogP contribution in [0.1, 0.15) is 59.6 Å². The zero-order valence-corrected chi connectivity index (χ0v) is 17.5. The van der Waals surface area contributed by atoms with Crippen molar-refractivity contribution in [2.75, 3.05) is 14.2 Å². The lowest BCUT2D eigenvalue weighted by atomic mass is 9.88. The van der Waals surface area contributed by atoms with Crippen molar-refractivity contribution < 1.29 is 19.1 Å². The van der Waals surface area contributed by atoms with E-state index in [9.17, 15) is 9.59 Å². The van der Waals surface area contributed by atoms with Crippen LogP contribution in [0, 0.1) is 0 Å². The highest BCUT2D eigenvalue weighted by molar-refractivity contribution is 6.30. The number of esters is 1. The van der Waals surface area contributed by atoms with Gasteiger partial charge in [0.05, 0.1) is 25.8 Å². The largest absolute Gasteiger partial charge is 0.465 e. The molecule has 2 aromatic rings. The van der Waals surface area contributed by atoms with Crippen molar-refractivity contribution in [1.29, 1.82) is 0 Å². The summed E-state index contributed by atoms with van der Waals surface area (Å²) < 4.78 is 10.2. The molecule has 154 valence electrons. The highest BCUT2D eigenvalue weighted by Gasteiger charge is 2.36. The van der Waals surface area contributed by atoms with E-state index in [4.69, 9.17) is 21.1 Å². The molecule has 0 bridgehead atoms. The van der Waals surface area contributed by atoms with E-state index in [-0.39, 0.29) is 6.04 Å². The highest BCUT2D eigenvalue weighted by Crippen LogP contribution is 2.37. The molecule has 1 aliphatic rings. The van der Waals surface area contributed by atoms with Crippen molar-refractivity contribution in [3.05, 3.63) is 70.2 Å². The summed E-state index contributed by atoms with van der Waals surface area (Å²) in [5.74, 6) is -0.437. The second-order valence-corrected chi connectivity index (χ2v) is 7.64. The van der Waals surface area contributed by atoms with Gasteiger partial charge in [0, 0.05) is 11.1 Å². The fourth-order valence-corrected chi connectivity index (χ4v) is 4.22. The van der Waals surface area contributed by atoms with Gasteiger partial charge in [-0.2, -0.15) is 0 Å². The van der Waals surface area contributed by atoms with Crippen LogP contribution in [-0.4, -0.2) is 37.2 Å². The van der Waals surface area contributed by atoms with Crippen LogP contribution in [0.5, 0.6) is 0 Å². The number of rotatable bonds is 5. The molecule has 6 heteroatoms. The van der Waals surface area contributed by atoms with Gasteiger partial charge >= 0.3 is 12.1 Å². The number of hydrogen-bond acceptors (Lipinski definition) is 4. The average Bonchev–Trinajstić information content (AvgIpc) is 2.78. The SMILES string of the molecule is COC(=O)c1ccccc1C(c1ccc(Cl)cc1)N(C(=O)OC)C1CCCCC1. The van der Waals surface area contributed by atoms with Crippen LogP contribution < -0.4 is 0 Å². The topological polar surface area (TPSA) is 55.8 Å². The second-order valence-electron chi connectivity index (χ2n) is 7.20. The average molecular weight is 416 g/mol. The van der Waals surface area contributed by atoms with Crippen molar-refractivity contribution in [1.82, 2.24) is 4.90 Å². The van der Waals surface area contributed by atoms with E-state index in [0.717, 1.165) is 37.7 Å². The summed E-state index contributed by atoms with van der Waals surface area (Å²) in [6.07, 6.45) is 4.68. The summed E-state index contributed by atoms with van der Waals surface area (Å²) in [4.78, 5) is 27.2. The van der Waals surface area contributed by atoms with Crippen molar-refractivity contribution in [3.63, 3.8) is 0 Å². The van der Waals surface area contributed by atoms with Crippen LogP contribution in [-0.2, 0) is 9.47 Å². The molecule has 1 atom stereocenters. The molecule has 3 rings (SSSR count). The molecular weight excluding hydrogens is 390 g/mol. The van der Waals surface area contributed by atoms with Gasteiger partial charge in [-0.05, 0) is 42.2 Å². The number of nitrogens with zero attached hydrogens (tertiary/aromatic N) is 1. The number of ether oxygens (including phenoxy) is 2. The minimum atomic E-state index is -0.488. The van der Waals surface area contributed by atoms with Crippen molar-refractivity contribution in [2.24, 2.45) is 0 Å². The molecule has 0 spiro atoms. The Morgan fingerprint density at radius 1 is 0.966 bits per heavy atom. The normalized spacial score (nSPS) is 15.4. The van der Waals surface area contributed by atoms with Gasteiger partial charge in [-0.25, -0.2) is 9.59 Å². The molecule has 0 aliphatic heterocycles. The third-order valence-electron chi connectivity index (χ3n) is 5.48. The molecular formula is C23H26ClNO4. The van der Waals surface area contributed by atoms with Gasteiger partial charge in [-0.1, -0.05) is 61.2 Å². The molecule has 0 N–H and O–H groups in total. The second kappa shape index (κ2) is 9.79. The van der Waals surface area contributed by atoms with E-state index in [1.165, 1.54) is 14.2 Å². The Morgan fingerprint density at radius 2 is 1.62 bits per heavy atom. The summed E-state index contributed by atoms with van der Waals surface area (Å²) >= 11 is 6.11. The lowest BCUT2D eigenvalue weighted by Crippen LogP contribution is -2.44. The lowest BCUT2D eigenvalue weighted by Gasteiger charge is -2.40. The van der Waals surface area contributed by atoms with Crippen LogP contribution in [0.15, 0.2) is 48.5 Å². The van der Waals surface area contributed by atoms with E-state index >= 15 is 0 Å². The molecule has 1 amide bonds. The van der Waals surface area contributed by atoms with Crippen molar-refractivity contribution >= 4 is 23.7 Å². The predicted octanol–water partition coefficient (Wildman–Crippen LogP) is 5.62. The Hall–Kier alpha value is -2.53. The minimum absolute atomic E-state index is 0.0302. The minimum Gasteiger partial charge on any atom is -0.465 e. The van der Waals surface area contributed by atoms with Gasteiger partial charge in [0.2, 0.25) is 0 Å². The van der Waals surface area contributed by atoms with Crippen LogP contribution in [0.4, 0.5) is 4.79 Å². The zero-order chi connectivity index (χ0) is 20.8. The first kappa shape index (κ1) is 21.2. The maximum absolute atomic E-state index is 13.0. The number of carbonyl (C=O) groups is 2. The van der Waals surface area contributed by atoms with Gasteiger partial charge in [-0.15, -0.1) is 0 Å². The summed E-state index contributed by atoms with van der Waals surface area (Å²) in [5, 5.41) is 0.607. The van der Waals surface area contributed by atoms with Crippen molar-refractivity contribution in [3.8, 4) is 0 Å². The standard InChI is InChI=1S/C23H26ClNO4/c1-28-22(26)20-11-7-6-10-19(20)21(16-12-14-17(24)15-13-16)25(23(27)29-2)18-8-4-3-5-9-18/h6-7,10-15,18,21H,3-5,8-9H2,1-2H3. The third-order valence-corrected chi connectivity index (χ3v) is 5.73. The Balaban J connectivity index is 2.18. The van der Waals surface area contributed by atoms with E-state index in [1.54, 1.807) is 29.2 Å². The molecule has 0 aromatic heterocycles. The quantitative estimate of drug-likeness (QED) is 0.595. The predicted molar refractivity (Wildman–Crippen MR) is 112 cm³/mol. The molecule has 5 nitrogen and oxygen atoms in total. The molecule has 0 heterocycles. The molecule has 0 radical (unpaired) electrons. The number of benzene rings is 2. The van der Waals surface area contributed by atoms with Gasteiger partial charge in [0.1, 0.15) is 0 Å². The molecule has 2 aromatic carbocycles. The van der Waals surface area contributed by atoms with E-state index in [1.807, 2.05) is 24.3 Å². The fraction of sp³-hybridized carbons (Fsp3) is 0.391. The number of carbonyl (C=O) groups excluding carboxylic acids is 2. The summed E-state index contributed by atoms with van der Waals surface area (Å²) in [6.45, 7) is 0. The van der Waals surface area contributed by atoms with E-state index < -0.39 is 18.1 Å². The maximum atomic E-state index is 13.0. The van der Waals surface area contributed by atoms with Gasteiger partial charge in [0.15, 0.2) is 0 Å². The van der Waals surface area contributed by atoms with Crippen LogP contribution in [0.3, 0.4) is 0 Å². The first-order valence-electron chi connectivity index (χ1n) is 9.85. The Morgan fingerprint density at radius 3 is 2.24 bits per heavy atom. The fourth-order valence-electron chi connectivity index (χ4n) is 4.10. The van der Waals surface area contributed by atoms with Crippen LogP contribution in [0.2, 0.25) is 5.02 Å². The van der Waals surface area contributed by atoms with E-state index in [2.05, 4.69) is 0 Å². The first-order chi connectivity index (χ1) is 14.1. The molecule has 1 fully saturated rings.